The maximum Gasteiger partial charge on any atom is 0.269 e. The van der Waals surface area contributed by atoms with E-state index in [1.165, 1.54) is 35.7 Å². The standard InChI is InChI=1S/C12H13NO5S2/c14-8-5-19-11-9(15)10(8)18-12(11)20-7-3-1-6(2-4-7)13(16)17/h1-4,8-12,14-15H,5H2/t8-,9-,10-,11+,12-/m1/s1. The predicted octanol–water partition coefficient (Wildman–Crippen LogP) is 1.25. The number of aliphatic hydroxyl groups is 2. The van der Waals surface area contributed by atoms with Gasteiger partial charge in [-0.05, 0) is 12.1 Å². The van der Waals surface area contributed by atoms with Gasteiger partial charge in [-0.1, -0.05) is 11.8 Å². The highest BCUT2D eigenvalue weighted by Gasteiger charge is 2.50. The van der Waals surface area contributed by atoms with Crippen molar-refractivity contribution in [2.24, 2.45) is 0 Å². The Kier molecular flexibility index (Phi) is 3.91. The van der Waals surface area contributed by atoms with E-state index >= 15 is 0 Å². The van der Waals surface area contributed by atoms with Crippen molar-refractivity contribution in [2.75, 3.05) is 5.75 Å². The number of non-ortho nitro benzene ring substituents is 1. The minimum Gasteiger partial charge on any atom is -0.389 e. The van der Waals surface area contributed by atoms with Gasteiger partial charge in [0.05, 0.1) is 22.4 Å². The number of nitro benzene ring substituents is 1. The van der Waals surface area contributed by atoms with Crippen LogP contribution >= 0.6 is 23.5 Å². The molecule has 5 atom stereocenters. The summed E-state index contributed by atoms with van der Waals surface area (Å²) in [5.74, 6) is 0.559. The van der Waals surface area contributed by atoms with Crippen LogP contribution in [-0.2, 0) is 4.74 Å². The van der Waals surface area contributed by atoms with Gasteiger partial charge in [-0.2, -0.15) is 0 Å². The summed E-state index contributed by atoms with van der Waals surface area (Å²) in [4.78, 5) is 11.0. The molecule has 1 aromatic carbocycles. The molecule has 0 aliphatic carbocycles. The van der Waals surface area contributed by atoms with E-state index in [1.807, 2.05) is 0 Å². The third-order valence-corrected chi connectivity index (χ3v) is 6.17. The number of hydrogen-bond acceptors (Lipinski definition) is 7. The molecule has 0 unspecified atom stereocenters. The van der Waals surface area contributed by atoms with Crippen molar-refractivity contribution in [2.45, 2.75) is 33.9 Å². The van der Waals surface area contributed by atoms with Crippen LogP contribution in [-0.4, -0.2) is 49.9 Å². The Morgan fingerprint density at radius 2 is 2.05 bits per heavy atom. The largest absolute Gasteiger partial charge is 0.389 e. The number of ether oxygens (including phenoxy) is 1. The van der Waals surface area contributed by atoms with Crippen LogP contribution < -0.4 is 0 Å². The van der Waals surface area contributed by atoms with E-state index in [9.17, 15) is 20.3 Å². The monoisotopic (exact) mass is 315 g/mol. The molecule has 1 aromatic rings. The van der Waals surface area contributed by atoms with Gasteiger partial charge in [-0.25, -0.2) is 0 Å². The number of thioether (sulfide) groups is 2. The third-order valence-electron chi connectivity index (χ3n) is 3.37. The van der Waals surface area contributed by atoms with E-state index in [0.29, 0.717) is 5.75 Å². The Labute approximate surface area is 123 Å². The third kappa shape index (κ3) is 2.53. The lowest BCUT2D eigenvalue weighted by Gasteiger charge is -2.27. The van der Waals surface area contributed by atoms with Crippen LogP contribution in [0.4, 0.5) is 5.69 Å². The van der Waals surface area contributed by atoms with Crippen molar-refractivity contribution in [3.8, 4) is 0 Å². The molecule has 2 saturated heterocycles. The van der Waals surface area contributed by atoms with Gasteiger partial charge in [0, 0.05) is 22.8 Å². The van der Waals surface area contributed by atoms with Gasteiger partial charge < -0.3 is 14.9 Å². The van der Waals surface area contributed by atoms with Gasteiger partial charge in [-0.3, -0.25) is 10.1 Å². The predicted molar refractivity (Wildman–Crippen MR) is 75.9 cm³/mol. The lowest BCUT2D eigenvalue weighted by molar-refractivity contribution is -0.384. The first kappa shape index (κ1) is 14.2. The maximum atomic E-state index is 10.6. The molecule has 108 valence electrons. The van der Waals surface area contributed by atoms with Crippen molar-refractivity contribution in [1.82, 2.24) is 0 Å². The SMILES string of the molecule is O=[N+]([O-])c1ccc(S[C@H]2O[C@H]3[C@@H](O)[C@@H]2SC[C@H]3O)cc1. The lowest BCUT2D eigenvalue weighted by Crippen LogP contribution is -2.43. The van der Waals surface area contributed by atoms with E-state index in [-0.39, 0.29) is 16.4 Å². The molecule has 2 fully saturated rings. The molecule has 0 radical (unpaired) electrons. The molecular formula is C12H13NO5S2. The summed E-state index contributed by atoms with van der Waals surface area (Å²) in [5, 5.41) is 30.3. The molecule has 0 saturated carbocycles. The molecule has 2 aliphatic heterocycles. The van der Waals surface area contributed by atoms with E-state index < -0.39 is 23.2 Å². The molecule has 20 heavy (non-hydrogen) atoms. The molecular weight excluding hydrogens is 302 g/mol. The minimum atomic E-state index is -0.667. The number of nitro groups is 1. The van der Waals surface area contributed by atoms with Crippen LogP contribution in [0.5, 0.6) is 0 Å². The zero-order chi connectivity index (χ0) is 14.3. The van der Waals surface area contributed by atoms with Crippen molar-refractivity contribution in [1.29, 1.82) is 0 Å². The number of benzene rings is 1. The molecule has 8 heteroatoms. The second-order valence-electron chi connectivity index (χ2n) is 4.69. The Balaban J connectivity index is 1.71. The highest BCUT2D eigenvalue weighted by molar-refractivity contribution is 8.03. The zero-order valence-electron chi connectivity index (χ0n) is 10.3. The van der Waals surface area contributed by atoms with Crippen LogP contribution in [0.1, 0.15) is 0 Å². The van der Waals surface area contributed by atoms with Gasteiger partial charge in [-0.15, -0.1) is 11.8 Å². The second-order valence-corrected chi connectivity index (χ2v) is 7.08. The van der Waals surface area contributed by atoms with Crippen LogP contribution in [0.3, 0.4) is 0 Å². The Hall–Kier alpha value is -0.800. The second kappa shape index (κ2) is 5.53. The van der Waals surface area contributed by atoms with E-state index in [0.717, 1.165) is 4.90 Å². The topological polar surface area (TPSA) is 92.8 Å². The lowest BCUT2D eigenvalue weighted by atomic mass is 10.1. The summed E-state index contributed by atoms with van der Waals surface area (Å²) in [6.07, 6.45) is -1.84. The maximum absolute atomic E-state index is 10.6. The van der Waals surface area contributed by atoms with Crippen LogP contribution in [0.25, 0.3) is 0 Å². The van der Waals surface area contributed by atoms with Crippen molar-refractivity contribution >= 4 is 29.2 Å². The number of aliphatic hydroxyl groups excluding tert-OH is 2. The van der Waals surface area contributed by atoms with E-state index in [4.69, 9.17) is 4.74 Å². The Morgan fingerprint density at radius 1 is 1.35 bits per heavy atom. The van der Waals surface area contributed by atoms with Gasteiger partial charge >= 0.3 is 0 Å². The summed E-state index contributed by atoms with van der Waals surface area (Å²) >= 11 is 2.92. The Bertz CT molecular complexity index is 511. The summed E-state index contributed by atoms with van der Waals surface area (Å²) in [5.41, 5.74) is -0.205. The molecule has 0 amide bonds. The quantitative estimate of drug-likeness (QED) is 0.640. The molecule has 2 bridgehead atoms. The molecule has 0 spiro atoms. The number of hydrogen-bond donors (Lipinski definition) is 2. The van der Waals surface area contributed by atoms with Gasteiger partial charge in [0.1, 0.15) is 11.5 Å². The number of rotatable bonds is 3. The average molecular weight is 315 g/mol. The van der Waals surface area contributed by atoms with E-state index in [1.54, 1.807) is 12.1 Å². The number of nitrogens with zero attached hydrogens (tertiary/aromatic N) is 1. The van der Waals surface area contributed by atoms with Crippen LogP contribution in [0.2, 0.25) is 0 Å². The summed E-state index contributed by atoms with van der Waals surface area (Å²) in [7, 11) is 0. The smallest absolute Gasteiger partial charge is 0.269 e. The molecule has 2 N–H and O–H groups in total. The average Bonchev–Trinajstić information content (AvgIpc) is 2.62. The first-order valence-corrected chi connectivity index (χ1v) is 8.03. The van der Waals surface area contributed by atoms with Crippen LogP contribution in [0.15, 0.2) is 29.2 Å². The summed E-state index contributed by atoms with van der Waals surface area (Å²) < 4.78 is 5.70. The van der Waals surface area contributed by atoms with Gasteiger partial charge in [0.25, 0.3) is 5.69 Å². The van der Waals surface area contributed by atoms with Crippen molar-refractivity contribution in [3.63, 3.8) is 0 Å². The van der Waals surface area contributed by atoms with E-state index in [2.05, 4.69) is 0 Å². The first-order chi connectivity index (χ1) is 9.56. The van der Waals surface area contributed by atoms with Crippen molar-refractivity contribution < 1.29 is 19.9 Å². The molecule has 2 heterocycles. The van der Waals surface area contributed by atoms with Gasteiger partial charge in [0.2, 0.25) is 0 Å². The highest BCUT2D eigenvalue weighted by Crippen LogP contribution is 2.44. The zero-order valence-corrected chi connectivity index (χ0v) is 11.9. The molecule has 2 aliphatic rings. The highest BCUT2D eigenvalue weighted by atomic mass is 32.2. The fraction of sp³-hybridized carbons (Fsp3) is 0.500. The molecule has 6 nitrogen and oxygen atoms in total. The summed E-state index contributed by atoms with van der Waals surface area (Å²) in [6, 6.07) is 6.23. The van der Waals surface area contributed by atoms with Crippen LogP contribution in [0, 0.1) is 10.1 Å². The molecule has 0 aromatic heterocycles. The fourth-order valence-corrected chi connectivity index (χ4v) is 4.96. The molecule has 3 rings (SSSR count). The minimum absolute atomic E-state index is 0.0465. The fourth-order valence-electron chi connectivity index (χ4n) is 2.34. The van der Waals surface area contributed by atoms with Crippen molar-refractivity contribution in [3.05, 3.63) is 34.4 Å². The Morgan fingerprint density at radius 3 is 2.65 bits per heavy atom. The first-order valence-electron chi connectivity index (χ1n) is 6.10. The summed E-state index contributed by atoms with van der Waals surface area (Å²) in [6.45, 7) is 0. The van der Waals surface area contributed by atoms with Gasteiger partial charge in [0.15, 0.2) is 0 Å². The number of fused-ring (bicyclic) bond motifs is 2. The normalized spacial score (nSPS) is 36.0.